The average Bonchev–Trinajstić information content (AvgIpc) is 2.86. The zero-order valence-electron chi connectivity index (χ0n) is 13.3. The summed E-state index contributed by atoms with van der Waals surface area (Å²) in [6.45, 7) is 5.87. The SMILES string of the molecule is COCCn1c(C)cnc1CCNC(=O)c1cnccc1C. The summed E-state index contributed by atoms with van der Waals surface area (Å²) in [5.41, 5.74) is 2.63. The molecule has 1 N–H and O–H groups in total. The van der Waals surface area contributed by atoms with Gasteiger partial charge >= 0.3 is 0 Å². The van der Waals surface area contributed by atoms with Gasteiger partial charge in [0.1, 0.15) is 5.82 Å². The summed E-state index contributed by atoms with van der Waals surface area (Å²) in [7, 11) is 1.68. The summed E-state index contributed by atoms with van der Waals surface area (Å²) in [5.74, 6) is 0.857. The maximum atomic E-state index is 12.1. The average molecular weight is 302 g/mol. The van der Waals surface area contributed by atoms with Crippen molar-refractivity contribution in [3.05, 3.63) is 47.3 Å². The zero-order chi connectivity index (χ0) is 15.9. The molecule has 2 aromatic heterocycles. The molecule has 0 unspecified atom stereocenters. The number of rotatable bonds is 7. The monoisotopic (exact) mass is 302 g/mol. The molecule has 0 aliphatic heterocycles. The second kappa shape index (κ2) is 7.70. The first-order chi connectivity index (χ1) is 10.6. The Morgan fingerprint density at radius 1 is 1.36 bits per heavy atom. The van der Waals surface area contributed by atoms with Crippen molar-refractivity contribution >= 4 is 5.91 Å². The Balaban J connectivity index is 1.91. The summed E-state index contributed by atoms with van der Waals surface area (Å²) >= 11 is 0. The first-order valence-corrected chi connectivity index (χ1v) is 7.32. The molecular formula is C16H22N4O2. The Kier molecular flexibility index (Phi) is 5.66. The van der Waals surface area contributed by atoms with Crippen LogP contribution in [0, 0.1) is 13.8 Å². The first kappa shape index (κ1) is 16.2. The number of ether oxygens (including phenoxy) is 1. The second-order valence-corrected chi connectivity index (χ2v) is 5.16. The summed E-state index contributed by atoms with van der Waals surface area (Å²) in [4.78, 5) is 20.5. The molecule has 0 bridgehead atoms. The van der Waals surface area contributed by atoms with Crippen molar-refractivity contribution in [2.45, 2.75) is 26.8 Å². The molecule has 0 saturated carbocycles. The fourth-order valence-electron chi connectivity index (χ4n) is 2.28. The zero-order valence-corrected chi connectivity index (χ0v) is 13.3. The van der Waals surface area contributed by atoms with Gasteiger partial charge in [0.15, 0.2) is 0 Å². The third-order valence-electron chi connectivity index (χ3n) is 3.57. The second-order valence-electron chi connectivity index (χ2n) is 5.16. The van der Waals surface area contributed by atoms with Crippen molar-refractivity contribution in [2.75, 3.05) is 20.3 Å². The maximum absolute atomic E-state index is 12.1. The molecule has 22 heavy (non-hydrogen) atoms. The number of pyridine rings is 1. The molecule has 0 fully saturated rings. The number of carbonyl (C=O) groups excluding carboxylic acids is 1. The van der Waals surface area contributed by atoms with Gasteiger partial charge in [0.05, 0.1) is 12.2 Å². The van der Waals surface area contributed by atoms with E-state index >= 15 is 0 Å². The molecule has 2 aromatic rings. The number of imidazole rings is 1. The Morgan fingerprint density at radius 2 is 2.18 bits per heavy atom. The lowest BCUT2D eigenvalue weighted by atomic mass is 10.1. The minimum absolute atomic E-state index is 0.0997. The van der Waals surface area contributed by atoms with Gasteiger partial charge in [-0.05, 0) is 25.5 Å². The van der Waals surface area contributed by atoms with E-state index in [9.17, 15) is 4.79 Å². The van der Waals surface area contributed by atoms with Gasteiger partial charge in [-0.1, -0.05) is 0 Å². The van der Waals surface area contributed by atoms with E-state index in [2.05, 4.69) is 19.9 Å². The van der Waals surface area contributed by atoms with Crippen LogP contribution in [0.1, 0.15) is 27.4 Å². The number of hydrogen-bond acceptors (Lipinski definition) is 4. The summed E-state index contributed by atoms with van der Waals surface area (Å²) in [5, 5.41) is 2.92. The van der Waals surface area contributed by atoms with Crippen LogP contribution in [-0.2, 0) is 17.7 Å². The van der Waals surface area contributed by atoms with Crippen molar-refractivity contribution in [1.82, 2.24) is 19.9 Å². The van der Waals surface area contributed by atoms with E-state index in [1.54, 1.807) is 19.5 Å². The van der Waals surface area contributed by atoms with E-state index in [4.69, 9.17) is 4.74 Å². The molecular weight excluding hydrogens is 280 g/mol. The number of methoxy groups -OCH3 is 1. The molecule has 6 heteroatoms. The van der Waals surface area contributed by atoms with Crippen LogP contribution in [0.5, 0.6) is 0 Å². The summed E-state index contributed by atoms with van der Waals surface area (Å²) in [6, 6.07) is 1.83. The normalized spacial score (nSPS) is 10.7. The van der Waals surface area contributed by atoms with Gasteiger partial charge in [-0.25, -0.2) is 4.98 Å². The number of nitrogens with one attached hydrogen (secondary N) is 1. The van der Waals surface area contributed by atoms with Crippen molar-refractivity contribution in [3.63, 3.8) is 0 Å². The largest absolute Gasteiger partial charge is 0.383 e. The number of nitrogens with zero attached hydrogens (tertiary/aromatic N) is 3. The highest BCUT2D eigenvalue weighted by Crippen LogP contribution is 2.06. The number of amides is 1. The summed E-state index contributed by atoms with van der Waals surface area (Å²) < 4.78 is 7.23. The molecule has 2 rings (SSSR count). The van der Waals surface area contributed by atoms with Crippen LogP contribution in [0.2, 0.25) is 0 Å². The summed E-state index contributed by atoms with van der Waals surface area (Å²) in [6.07, 6.45) is 5.80. The standard InChI is InChI=1S/C16H22N4O2/c1-12-4-6-17-11-14(12)16(21)18-7-5-15-19-10-13(2)20(15)8-9-22-3/h4,6,10-11H,5,7-9H2,1-3H3,(H,18,21). The predicted octanol–water partition coefficient (Wildman–Crippen LogP) is 1.51. The van der Waals surface area contributed by atoms with Crippen molar-refractivity contribution < 1.29 is 9.53 Å². The molecule has 6 nitrogen and oxygen atoms in total. The van der Waals surface area contributed by atoms with E-state index in [1.165, 1.54) is 0 Å². The highest BCUT2D eigenvalue weighted by molar-refractivity contribution is 5.95. The van der Waals surface area contributed by atoms with Crippen LogP contribution in [0.4, 0.5) is 0 Å². The van der Waals surface area contributed by atoms with Crippen LogP contribution < -0.4 is 5.32 Å². The van der Waals surface area contributed by atoms with Gasteiger partial charge in [-0.2, -0.15) is 0 Å². The highest BCUT2D eigenvalue weighted by Gasteiger charge is 2.10. The lowest BCUT2D eigenvalue weighted by molar-refractivity contribution is 0.0953. The molecule has 0 aliphatic rings. The molecule has 0 radical (unpaired) electrons. The van der Waals surface area contributed by atoms with Gasteiger partial charge in [-0.3, -0.25) is 9.78 Å². The van der Waals surface area contributed by atoms with E-state index in [0.717, 1.165) is 23.6 Å². The van der Waals surface area contributed by atoms with Crippen LogP contribution in [0.25, 0.3) is 0 Å². The molecule has 0 aromatic carbocycles. The van der Waals surface area contributed by atoms with E-state index < -0.39 is 0 Å². The molecule has 2 heterocycles. The predicted molar refractivity (Wildman–Crippen MR) is 83.9 cm³/mol. The van der Waals surface area contributed by atoms with E-state index in [0.29, 0.717) is 25.1 Å². The quantitative estimate of drug-likeness (QED) is 0.842. The molecule has 0 spiro atoms. The topological polar surface area (TPSA) is 69.0 Å². The molecule has 0 atom stereocenters. The third kappa shape index (κ3) is 3.92. The number of hydrogen-bond donors (Lipinski definition) is 1. The lowest BCUT2D eigenvalue weighted by Crippen LogP contribution is -2.27. The van der Waals surface area contributed by atoms with Gasteiger partial charge in [0, 0.05) is 50.9 Å². The number of carbonyl (C=O) groups is 1. The van der Waals surface area contributed by atoms with Gasteiger partial charge in [0.25, 0.3) is 5.91 Å². The fourth-order valence-corrected chi connectivity index (χ4v) is 2.28. The van der Waals surface area contributed by atoms with Crippen molar-refractivity contribution in [2.24, 2.45) is 0 Å². The fraction of sp³-hybridized carbons (Fsp3) is 0.438. The van der Waals surface area contributed by atoms with Gasteiger partial charge in [-0.15, -0.1) is 0 Å². The number of aromatic nitrogens is 3. The Bertz CT molecular complexity index is 637. The van der Waals surface area contributed by atoms with E-state index in [-0.39, 0.29) is 5.91 Å². The first-order valence-electron chi connectivity index (χ1n) is 7.32. The van der Waals surface area contributed by atoms with Crippen molar-refractivity contribution in [3.8, 4) is 0 Å². The van der Waals surface area contributed by atoms with E-state index in [1.807, 2.05) is 26.1 Å². The van der Waals surface area contributed by atoms with Crippen LogP contribution in [-0.4, -0.2) is 40.7 Å². The molecule has 118 valence electrons. The van der Waals surface area contributed by atoms with Crippen molar-refractivity contribution in [1.29, 1.82) is 0 Å². The number of aryl methyl sites for hydroxylation is 2. The van der Waals surface area contributed by atoms with Crippen LogP contribution >= 0.6 is 0 Å². The van der Waals surface area contributed by atoms with Gasteiger partial charge in [0.2, 0.25) is 0 Å². The Hall–Kier alpha value is -2.21. The smallest absolute Gasteiger partial charge is 0.253 e. The molecule has 0 saturated heterocycles. The minimum Gasteiger partial charge on any atom is -0.383 e. The highest BCUT2D eigenvalue weighted by atomic mass is 16.5. The molecule has 0 aliphatic carbocycles. The molecule has 1 amide bonds. The minimum atomic E-state index is -0.0997. The maximum Gasteiger partial charge on any atom is 0.253 e. The lowest BCUT2D eigenvalue weighted by Gasteiger charge is -2.10. The Morgan fingerprint density at radius 3 is 2.91 bits per heavy atom. The van der Waals surface area contributed by atoms with Crippen LogP contribution in [0.3, 0.4) is 0 Å². The third-order valence-corrected chi connectivity index (χ3v) is 3.57. The van der Waals surface area contributed by atoms with Crippen LogP contribution in [0.15, 0.2) is 24.7 Å². The Labute approximate surface area is 130 Å². The van der Waals surface area contributed by atoms with Gasteiger partial charge < -0.3 is 14.6 Å².